The quantitative estimate of drug-likeness (QED) is 0.213. The number of benzene rings is 3. The smallest absolute Gasteiger partial charge is 0.163 e. The molecule has 0 heterocycles. The zero-order chi connectivity index (χ0) is 23.5. The van der Waals surface area contributed by atoms with Gasteiger partial charge < -0.3 is 14.2 Å². The standard InChI is InChI=1S/C29H34O4/c1-4-12-25-15-9-10-16-27(25)31-17-11-18-32-28-20-29(26(22(3)30)19-24(28)5-2)33-21-23-13-7-6-8-14-23/h6-10,13-16,19-20H,4-5,11-12,17-18,21H2,1-3H3. The maximum absolute atomic E-state index is 12.2. The molecule has 0 spiro atoms. The van der Waals surface area contributed by atoms with Crippen molar-refractivity contribution in [2.45, 2.75) is 53.1 Å². The molecule has 33 heavy (non-hydrogen) atoms. The number of para-hydroxylation sites is 1. The molecule has 0 aromatic heterocycles. The number of aryl methyl sites for hydroxylation is 2. The van der Waals surface area contributed by atoms with Crippen LogP contribution in [0.25, 0.3) is 0 Å². The van der Waals surface area contributed by atoms with E-state index in [1.54, 1.807) is 6.92 Å². The average Bonchev–Trinajstić information content (AvgIpc) is 2.84. The van der Waals surface area contributed by atoms with E-state index in [-0.39, 0.29) is 5.78 Å². The number of carbonyl (C=O) groups is 1. The SMILES string of the molecule is CCCc1ccccc1OCCCOc1cc(OCc2ccccc2)c(C(C)=O)cc1CC. The number of carbonyl (C=O) groups excluding carboxylic acids is 1. The van der Waals surface area contributed by atoms with E-state index >= 15 is 0 Å². The van der Waals surface area contributed by atoms with Crippen molar-refractivity contribution >= 4 is 5.78 Å². The van der Waals surface area contributed by atoms with Crippen LogP contribution < -0.4 is 14.2 Å². The van der Waals surface area contributed by atoms with Gasteiger partial charge in [0.15, 0.2) is 5.78 Å². The lowest BCUT2D eigenvalue weighted by atomic mass is 10.0. The number of ether oxygens (including phenoxy) is 3. The van der Waals surface area contributed by atoms with Gasteiger partial charge in [0.1, 0.15) is 23.9 Å². The number of ketones is 1. The Morgan fingerprint density at radius 3 is 2.15 bits per heavy atom. The fraction of sp³-hybridized carbons (Fsp3) is 0.345. The molecule has 174 valence electrons. The molecular weight excluding hydrogens is 412 g/mol. The fourth-order valence-corrected chi connectivity index (χ4v) is 3.69. The molecule has 3 aromatic carbocycles. The molecule has 0 unspecified atom stereocenters. The predicted octanol–water partition coefficient (Wildman–Crippen LogP) is 6.83. The summed E-state index contributed by atoms with van der Waals surface area (Å²) in [6.07, 6.45) is 3.64. The van der Waals surface area contributed by atoms with Crippen molar-refractivity contribution in [2.24, 2.45) is 0 Å². The van der Waals surface area contributed by atoms with E-state index in [1.807, 2.05) is 54.6 Å². The van der Waals surface area contributed by atoms with Crippen molar-refractivity contribution in [2.75, 3.05) is 13.2 Å². The molecule has 0 bridgehead atoms. The van der Waals surface area contributed by atoms with Crippen molar-refractivity contribution in [1.29, 1.82) is 0 Å². The molecule has 4 heteroatoms. The minimum atomic E-state index is -0.0153. The summed E-state index contributed by atoms with van der Waals surface area (Å²) < 4.78 is 18.1. The van der Waals surface area contributed by atoms with Gasteiger partial charge in [0.05, 0.1) is 18.8 Å². The second-order valence-corrected chi connectivity index (χ2v) is 8.05. The minimum absolute atomic E-state index is 0.0153. The molecule has 0 aliphatic rings. The lowest BCUT2D eigenvalue weighted by Crippen LogP contribution is -2.09. The third-order valence-corrected chi connectivity index (χ3v) is 5.46. The Bertz CT molecular complexity index is 1030. The van der Waals surface area contributed by atoms with E-state index in [0.717, 1.165) is 48.3 Å². The van der Waals surface area contributed by atoms with Crippen LogP contribution >= 0.6 is 0 Å². The maximum Gasteiger partial charge on any atom is 0.163 e. The van der Waals surface area contributed by atoms with Crippen molar-refractivity contribution < 1.29 is 19.0 Å². The Morgan fingerprint density at radius 2 is 1.45 bits per heavy atom. The Labute approximate surface area is 197 Å². The summed E-state index contributed by atoms with van der Waals surface area (Å²) in [6, 6.07) is 21.9. The molecule has 0 saturated heterocycles. The van der Waals surface area contributed by atoms with Gasteiger partial charge in [-0.2, -0.15) is 0 Å². The topological polar surface area (TPSA) is 44.8 Å². The Balaban J connectivity index is 1.62. The van der Waals surface area contributed by atoms with Crippen LogP contribution in [0.2, 0.25) is 0 Å². The number of rotatable bonds is 13. The van der Waals surface area contributed by atoms with Crippen LogP contribution in [0.4, 0.5) is 0 Å². The third kappa shape index (κ3) is 7.11. The van der Waals surface area contributed by atoms with Gasteiger partial charge >= 0.3 is 0 Å². The molecule has 4 nitrogen and oxygen atoms in total. The summed E-state index contributed by atoms with van der Waals surface area (Å²) in [5, 5.41) is 0. The van der Waals surface area contributed by atoms with E-state index in [9.17, 15) is 4.79 Å². The van der Waals surface area contributed by atoms with Crippen molar-refractivity contribution in [3.63, 3.8) is 0 Å². The van der Waals surface area contributed by atoms with E-state index in [0.29, 0.717) is 31.1 Å². The number of hydrogen-bond donors (Lipinski definition) is 0. The van der Waals surface area contributed by atoms with Gasteiger partial charge in [-0.15, -0.1) is 0 Å². The molecular formula is C29H34O4. The summed E-state index contributed by atoms with van der Waals surface area (Å²) in [5.74, 6) is 2.26. The fourth-order valence-electron chi connectivity index (χ4n) is 3.69. The molecule has 0 amide bonds. The van der Waals surface area contributed by atoms with E-state index in [4.69, 9.17) is 14.2 Å². The Kier molecular flexibility index (Phi) is 9.37. The highest BCUT2D eigenvalue weighted by atomic mass is 16.5. The largest absolute Gasteiger partial charge is 0.493 e. The normalized spacial score (nSPS) is 10.6. The Hall–Kier alpha value is -3.27. The highest BCUT2D eigenvalue weighted by Crippen LogP contribution is 2.31. The highest BCUT2D eigenvalue weighted by molar-refractivity contribution is 5.97. The van der Waals surface area contributed by atoms with Crippen molar-refractivity contribution in [3.8, 4) is 17.2 Å². The minimum Gasteiger partial charge on any atom is -0.493 e. The van der Waals surface area contributed by atoms with Crippen molar-refractivity contribution in [1.82, 2.24) is 0 Å². The van der Waals surface area contributed by atoms with Crippen LogP contribution in [0.1, 0.15) is 60.7 Å². The molecule has 0 radical (unpaired) electrons. The molecule has 0 aliphatic heterocycles. The lowest BCUT2D eigenvalue weighted by Gasteiger charge is -2.16. The number of Topliss-reactive ketones (excluding diaryl/α,β-unsaturated/α-hetero) is 1. The summed E-state index contributed by atoms with van der Waals surface area (Å²) in [4.78, 5) is 12.2. The molecule has 0 atom stereocenters. The zero-order valence-corrected chi connectivity index (χ0v) is 19.9. The van der Waals surface area contributed by atoms with Crippen LogP contribution in [-0.4, -0.2) is 19.0 Å². The van der Waals surface area contributed by atoms with Gasteiger partial charge in [-0.1, -0.05) is 68.8 Å². The average molecular weight is 447 g/mol. The first-order valence-corrected chi connectivity index (χ1v) is 11.8. The van der Waals surface area contributed by atoms with E-state index in [1.165, 1.54) is 5.56 Å². The van der Waals surface area contributed by atoms with Crippen molar-refractivity contribution in [3.05, 3.63) is 89.0 Å². The van der Waals surface area contributed by atoms with E-state index < -0.39 is 0 Å². The van der Waals surface area contributed by atoms with Gasteiger partial charge in [-0.3, -0.25) is 4.79 Å². The molecule has 3 rings (SSSR count). The second kappa shape index (κ2) is 12.7. The monoisotopic (exact) mass is 446 g/mol. The van der Waals surface area contributed by atoms with Crippen LogP contribution in [0.5, 0.6) is 17.2 Å². The summed E-state index contributed by atoms with van der Waals surface area (Å²) in [7, 11) is 0. The molecule has 0 saturated carbocycles. The third-order valence-electron chi connectivity index (χ3n) is 5.46. The first-order valence-electron chi connectivity index (χ1n) is 11.8. The summed E-state index contributed by atoms with van der Waals surface area (Å²) in [5.41, 5.74) is 3.89. The first kappa shape index (κ1) is 24.4. The van der Waals surface area contributed by atoms with Gasteiger partial charge in [0.2, 0.25) is 0 Å². The zero-order valence-electron chi connectivity index (χ0n) is 19.9. The van der Waals surface area contributed by atoms with Gasteiger partial charge in [-0.05, 0) is 48.6 Å². The van der Waals surface area contributed by atoms with Crippen LogP contribution in [0.15, 0.2) is 66.7 Å². The first-order chi connectivity index (χ1) is 16.1. The Morgan fingerprint density at radius 1 is 0.758 bits per heavy atom. The number of hydrogen-bond acceptors (Lipinski definition) is 4. The van der Waals surface area contributed by atoms with Gasteiger partial charge in [0.25, 0.3) is 0 Å². The molecule has 0 N–H and O–H groups in total. The highest BCUT2D eigenvalue weighted by Gasteiger charge is 2.15. The summed E-state index contributed by atoms with van der Waals surface area (Å²) >= 11 is 0. The second-order valence-electron chi connectivity index (χ2n) is 8.05. The molecule has 0 aliphatic carbocycles. The van der Waals surface area contributed by atoms with E-state index in [2.05, 4.69) is 26.0 Å². The predicted molar refractivity (Wildman–Crippen MR) is 133 cm³/mol. The van der Waals surface area contributed by atoms with Crippen LogP contribution in [0, 0.1) is 0 Å². The van der Waals surface area contributed by atoms with Crippen LogP contribution in [-0.2, 0) is 19.4 Å². The van der Waals surface area contributed by atoms with Gasteiger partial charge in [0, 0.05) is 12.5 Å². The summed E-state index contributed by atoms with van der Waals surface area (Å²) in [6.45, 7) is 7.32. The molecule has 0 fully saturated rings. The lowest BCUT2D eigenvalue weighted by molar-refractivity contribution is 0.101. The van der Waals surface area contributed by atoms with Crippen LogP contribution in [0.3, 0.4) is 0 Å². The van der Waals surface area contributed by atoms with Gasteiger partial charge in [-0.25, -0.2) is 0 Å². The molecule has 3 aromatic rings. The maximum atomic E-state index is 12.2.